The molecule has 5 nitrogen and oxygen atoms in total. The first kappa shape index (κ1) is 13.2. The number of nitrogens with two attached hydrogens (primary N) is 1. The first-order valence-corrected chi connectivity index (χ1v) is 4.95. The molecule has 0 bridgehead atoms. The molecule has 84 valence electrons. The van der Waals surface area contributed by atoms with Crippen LogP contribution in [0, 0.1) is 5.92 Å². The van der Waals surface area contributed by atoms with Crippen LogP contribution in [0.3, 0.4) is 0 Å². The molecule has 0 heterocycles. The lowest BCUT2D eigenvalue weighted by atomic mass is 10.1. The molecule has 0 aromatic rings. The summed E-state index contributed by atoms with van der Waals surface area (Å²) in [5, 5.41) is 3.00. The maximum Gasteiger partial charge on any atom is 0.205 e. The second-order valence-electron chi connectivity index (χ2n) is 3.44. The fraction of sp³-hybridized carbons (Fsp3) is 0.889. The Morgan fingerprint density at radius 2 is 2.14 bits per heavy atom. The molecule has 0 saturated carbocycles. The van der Waals surface area contributed by atoms with Gasteiger partial charge in [0.15, 0.2) is 0 Å². The van der Waals surface area contributed by atoms with Gasteiger partial charge in [0.1, 0.15) is 0 Å². The van der Waals surface area contributed by atoms with Crippen LogP contribution in [-0.4, -0.2) is 32.8 Å². The van der Waals surface area contributed by atoms with Gasteiger partial charge in [-0.25, -0.2) is 5.84 Å². The summed E-state index contributed by atoms with van der Waals surface area (Å²) >= 11 is 0. The van der Waals surface area contributed by atoms with Crippen LogP contribution in [0.1, 0.15) is 20.3 Å². The van der Waals surface area contributed by atoms with Crippen LogP contribution >= 0.6 is 0 Å². The van der Waals surface area contributed by atoms with Crippen LogP contribution < -0.4 is 16.6 Å². The van der Waals surface area contributed by atoms with Gasteiger partial charge in [0, 0.05) is 20.2 Å². The fourth-order valence-electron chi connectivity index (χ4n) is 0.857. The summed E-state index contributed by atoms with van der Waals surface area (Å²) in [6, 6.07) is 0. The number of nitrogens with one attached hydrogen (secondary N) is 2. The summed E-state index contributed by atoms with van der Waals surface area (Å²) in [6.45, 7) is 6.57. The third-order valence-corrected chi connectivity index (χ3v) is 1.74. The predicted octanol–water partition coefficient (Wildman–Crippen LogP) is 0.0878. The number of hydrazine groups is 1. The molecule has 4 N–H and O–H groups in total. The second-order valence-corrected chi connectivity index (χ2v) is 3.44. The highest BCUT2D eigenvalue weighted by Crippen LogP contribution is 1.97. The molecule has 0 aliphatic heterocycles. The SMILES string of the molecule is CN=C(NN)NCCOCCC(C)C. The lowest BCUT2D eigenvalue weighted by molar-refractivity contribution is 0.128. The molecule has 0 spiro atoms. The van der Waals surface area contributed by atoms with E-state index in [9.17, 15) is 0 Å². The summed E-state index contributed by atoms with van der Waals surface area (Å²) in [6.07, 6.45) is 1.10. The summed E-state index contributed by atoms with van der Waals surface area (Å²) in [7, 11) is 1.67. The van der Waals surface area contributed by atoms with Gasteiger partial charge in [0.05, 0.1) is 6.61 Å². The van der Waals surface area contributed by atoms with Crippen LogP contribution in [0.5, 0.6) is 0 Å². The van der Waals surface area contributed by atoms with Crippen molar-refractivity contribution in [3.8, 4) is 0 Å². The Kier molecular flexibility index (Phi) is 8.27. The van der Waals surface area contributed by atoms with E-state index in [-0.39, 0.29) is 0 Å². The maximum absolute atomic E-state index is 5.40. The Bertz CT molecular complexity index is 159. The highest BCUT2D eigenvalue weighted by atomic mass is 16.5. The van der Waals surface area contributed by atoms with Crippen molar-refractivity contribution < 1.29 is 4.74 Å². The highest BCUT2D eigenvalue weighted by molar-refractivity contribution is 5.78. The van der Waals surface area contributed by atoms with Crippen molar-refractivity contribution in [1.82, 2.24) is 10.7 Å². The minimum atomic E-state index is 0.581. The fourth-order valence-corrected chi connectivity index (χ4v) is 0.857. The second kappa shape index (κ2) is 8.77. The van der Waals surface area contributed by atoms with E-state index >= 15 is 0 Å². The first-order valence-electron chi connectivity index (χ1n) is 4.95. The van der Waals surface area contributed by atoms with E-state index in [0.717, 1.165) is 19.6 Å². The zero-order chi connectivity index (χ0) is 10.8. The molecule has 0 atom stereocenters. The van der Waals surface area contributed by atoms with E-state index in [1.165, 1.54) is 0 Å². The molecule has 0 aromatic heterocycles. The lowest BCUT2D eigenvalue weighted by Crippen LogP contribution is -2.42. The minimum absolute atomic E-state index is 0.581. The number of ether oxygens (including phenoxy) is 1. The normalized spacial score (nSPS) is 11.9. The molecule has 0 aromatic carbocycles. The van der Waals surface area contributed by atoms with Crippen molar-refractivity contribution in [2.24, 2.45) is 16.8 Å². The smallest absolute Gasteiger partial charge is 0.205 e. The van der Waals surface area contributed by atoms with Gasteiger partial charge in [-0.1, -0.05) is 13.8 Å². The Morgan fingerprint density at radius 1 is 1.43 bits per heavy atom. The molecule has 0 radical (unpaired) electrons. The van der Waals surface area contributed by atoms with E-state index in [0.29, 0.717) is 18.5 Å². The van der Waals surface area contributed by atoms with Crippen molar-refractivity contribution in [3.05, 3.63) is 0 Å². The zero-order valence-corrected chi connectivity index (χ0v) is 9.34. The number of hydrogen-bond donors (Lipinski definition) is 3. The molecule has 0 aliphatic rings. The molecule has 0 unspecified atom stereocenters. The van der Waals surface area contributed by atoms with Gasteiger partial charge < -0.3 is 10.1 Å². The molecular formula is C9H22N4O. The van der Waals surface area contributed by atoms with Gasteiger partial charge in [-0.15, -0.1) is 0 Å². The van der Waals surface area contributed by atoms with E-state index in [2.05, 4.69) is 29.6 Å². The van der Waals surface area contributed by atoms with Crippen LogP contribution in [0.2, 0.25) is 0 Å². The molecular weight excluding hydrogens is 180 g/mol. The van der Waals surface area contributed by atoms with Crippen molar-refractivity contribution in [2.45, 2.75) is 20.3 Å². The Morgan fingerprint density at radius 3 is 2.64 bits per heavy atom. The number of guanidine groups is 1. The van der Waals surface area contributed by atoms with Crippen LogP contribution in [-0.2, 0) is 4.74 Å². The van der Waals surface area contributed by atoms with Gasteiger partial charge in [-0.3, -0.25) is 10.4 Å². The number of hydrogen-bond acceptors (Lipinski definition) is 3. The van der Waals surface area contributed by atoms with Crippen LogP contribution in [0.15, 0.2) is 4.99 Å². The Balaban J connectivity index is 3.21. The van der Waals surface area contributed by atoms with E-state index in [1.54, 1.807) is 7.05 Å². The molecule has 5 heteroatoms. The molecule has 0 amide bonds. The third kappa shape index (κ3) is 7.82. The van der Waals surface area contributed by atoms with Gasteiger partial charge in [0.2, 0.25) is 5.96 Å². The van der Waals surface area contributed by atoms with E-state index in [4.69, 9.17) is 10.6 Å². The predicted molar refractivity (Wildman–Crippen MR) is 59.0 cm³/mol. The van der Waals surface area contributed by atoms with Crippen LogP contribution in [0.25, 0.3) is 0 Å². The number of aliphatic imine (C=N–C) groups is 1. The van der Waals surface area contributed by atoms with Gasteiger partial charge in [-0.2, -0.15) is 0 Å². The lowest BCUT2D eigenvalue weighted by Gasteiger charge is -2.09. The Labute approximate surface area is 86.1 Å². The van der Waals surface area contributed by atoms with Gasteiger partial charge in [-0.05, 0) is 12.3 Å². The summed E-state index contributed by atoms with van der Waals surface area (Å²) in [5.74, 6) is 6.46. The van der Waals surface area contributed by atoms with E-state index < -0.39 is 0 Å². The third-order valence-electron chi connectivity index (χ3n) is 1.74. The minimum Gasteiger partial charge on any atom is -0.380 e. The maximum atomic E-state index is 5.40. The largest absolute Gasteiger partial charge is 0.380 e. The topological polar surface area (TPSA) is 71.7 Å². The molecule has 14 heavy (non-hydrogen) atoms. The number of nitrogens with zero attached hydrogens (tertiary/aromatic N) is 1. The average Bonchev–Trinajstić information content (AvgIpc) is 2.16. The van der Waals surface area contributed by atoms with Gasteiger partial charge >= 0.3 is 0 Å². The monoisotopic (exact) mass is 202 g/mol. The summed E-state index contributed by atoms with van der Waals surface area (Å²) < 4.78 is 5.40. The molecule has 0 rings (SSSR count). The van der Waals surface area contributed by atoms with E-state index in [1.807, 2.05) is 0 Å². The molecule has 0 saturated heterocycles. The Hall–Kier alpha value is -0.810. The summed E-state index contributed by atoms with van der Waals surface area (Å²) in [5.41, 5.74) is 2.44. The summed E-state index contributed by atoms with van der Waals surface area (Å²) in [4.78, 5) is 3.87. The standard InChI is InChI=1S/C9H22N4O/c1-8(2)4-6-14-7-5-12-9(11-3)13-10/h8H,4-7,10H2,1-3H3,(H2,11,12,13). The molecule has 0 aliphatic carbocycles. The van der Waals surface area contributed by atoms with Gasteiger partial charge in [0.25, 0.3) is 0 Å². The average molecular weight is 202 g/mol. The highest BCUT2D eigenvalue weighted by Gasteiger charge is 1.95. The zero-order valence-electron chi connectivity index (χ0n) is 9.34. The van der Waals surface area contributed by atoms with Crippen molar-refractivity contribution in [3.63, 3.8) is 0 Å². The first-order chi connectivity index (χ1) is 6.70. The molecule has 0 fully saturated rings. The van der Waals surface area contributed by atoms with Crippen molar-refractivity contribution in [2.75, 3.05) is 26.8 Å². The van der Waals surface area contributed by atoms with Crippen LogP contribution in [0.4, 0.5) is 0 Å². The number of rotatable bonds is 6. The van der Waals surface area contributed by atoms with Crippen molar-refractivity contribution >= 4 is 5.96 Å². The quantitative estimate of drug-likeness (QED) is 0.188. The van der Waals surface area contributed by atoms with Crippen molar-refractivity contribution in [1.29, 1.82) is 0 Å².